The van der Waals surface area contributed by atoms with E-state index in [1.54, 1.807) is 19.3 Å². The molecule has 3 aromatic rings. The van der Waals surface area contributed by atoms with Gasteiger partial charge in [-0.2, -0.15) is 5.26 Å². The topological polar surface area (TPSA) is 42.2 Å². The van der Waals surface area contributed by atoms with Crippen LogP contribution in [0.1, 0.15) is 16.7 Å². The maximum Gasteiger partial charge on any atom is 0.162 e. The van der Waals surface area contributed by atoms with Crippen LogP contribution in [0, 0.1) is 11.3 Å². The second kappa shape index (κ2) is 9.84. The second-order valence-corrected chi connectivity index (χ2v) is 7.79. The molecule has 0 fully saturated rings. The summed E-state index contributed by atoms with van der Waals surface area (Å²) in [7, 11) is 1.57. The lowest BCUT2D eigenvalue weighted by molar-refractivity contribution is 0.284. The molecular formula is C23H16BrCl2NO2. The predicted molar refractivity (Wildman–Crippen MR) is 121 cm³/mol. The molecule has 3 rings (SSSR count). The van der Waals surface area contributed by atoms with Crippen molar-refractivity contribution in [3.05, 3.63) is 91.9 Å². The lowest BCUT2D eigenvalue weighted by atomic mass is 10.0. The van der Waals surface area contributed by atoms with E-state index in [1.807, 2.05) is 54.6 Å². The first-order valence-corrected chi connectivity index (χ1v) is 10.2. The Bertz CT molecular complexity index is 1090. The minimum Gasteiger partial charge on any atom is -0.493 e. The SMILES string of the molecule is COc1cc(C=C(C#N)c2ccccc2Cl)c(Br)cc1OCc1ccc(Cl)cc1. The normalized spacial score (nSPS) is 11.1. The first-order chi connectivity index (χ1) is 14.0. The number of halogens is 3. The van der Waals surface area contributed by atoms with Gasteiger partial charge in [-0.3, -0.25) is 0 Å². The number of allylic oxidation sites excluding steroid dienone is 1. The third-order valence-corrected chi connectivity index (χ3v) is 5.44. The highest BCUT2D eigenvalue weighted by atomic mass is 79.9. The number of nitriles is 1. The van der Waals surface area contributed by atoms with Crippen LogP contribution in [0.3, 0.4) is 0 Å². The first kappa shape index (κ1) is 21.3. The molecule has 146 valence electrons. The van der Waals surface area contributed by atoms with Crippen LogP contribution in [0.5, 0.6) is 11.5 Å². The van der Waals surface area contributed by atoms with Gasteiger partial charge in [0.05, 0.1) is 18.8 Å². The molecule has 0 aromatic heterocycles. The zero-order chi connectivity index (χ0) is 20.8. The number of hydrogen-bond acceptors (Lipinski definition) is 3. The molecule has 0 spiro atoms. The summed E-state index contributed by atoms with van der Waals surface area (Å²) in [6.07, 6.45) is 1.76. The van der Waals surface area contributed by atoms with Crippen LogP contribution in [-0.4, -0.2) is 7.11 Å². The molecule has 0 radical (unpaired) electrons. The lowest BCUT2D eigenvalue weighted by Crippen LogP contribution is -1.98. The maximum absolute atomic E-state index is 9.61. The summed E-state index contributed by atoms with van der Waals surface area (Å²) in [6.45, 7) is 0.373. The summed E-state index contributed by atoms with van der Waals surface area (Å²) in [5, 5.41) is 10.8. The average molecular weight is 489 g/mol. The fraction of sp³-hybridized carbons (Fsp3) is 0.0870. The van der Waals surface area contributed by atoms with E-state index < -0.39 is 0 Å². The molecule has 0 aliphatic heterocycles. The van der Waals surface area contributed by atoms with Crippen molar-refractivity contribution in [1.29, 1.82) is 5.26 Å². The lowest BCUT2D eigenvalue weighted by Gasteiger charge is -2.13. The number of methoxy groups -OCH3 is 1. The summed E-state index contributed by atoms with van der Waals surface area (Å²) in [6, 6.07) is 20.5. The number of hydrogen-bond donors (Lipinski definition) is 0. The largest absolute Gasteiger partial charge is 0.493 e. The highest BCUT2D eigenvalue weighted by molar-refractivity contribution is 9.10. The van der Waals surface area contributed by atoms with Crippen LogP contribution in [0.15, 0.2) is 65.1 Å². The number of rotatable bonds is 6. The molecule has 0 atom stereocenters. The smallest absolute Gasteiger partial charge is 0.162 e. The molecule has 0 saturated heterocycles. The van der Waals surface area contributed by atoms with Gasteiger partial charge in [-0.15, -0.1) is 0 Å². The van der Waals surface area contributed by atoms with Crippen LogP contribution in [0.25, 0.3) is 11.6 Å². The summed E-state index contributed by atoms with van der Waals surface area (Å²) in [4.78, 5) is 0. The van der Waals surface area contributed by atoms with Gasteiger partial charge in [0.1, 0.15) is 6.61 Å². The zero-order valence-corrected chi connectivity index (χ0v) is 18.6. The molecule has 0 aliphatic carbocycles. The third kappa shape index (κ3) is 5.33. The van der Waals surface area contributed by atoms with Crippen molar-refractivity contribution >= 4 is 50.8 Å². The van der Waals surface area contributed by atoms with E-state index >= 15 is 0 Å². The van der Waals surface area contributed by atoms with E-state index in [1.165, 1.54) is 0 Å². The number of ether oxygens (including phenoxy) is 2. The fourth-order valence-electron chi connectivity index (χ4n) is 2.68. The summed E-state index contributed by atoms with van der Waals surface area (Å²) in [5.74, 6) is 1.15. The van der Waals surface area contributed by atoms with Crippen molar-refractivity contribution in [3.8, 4) is 17.6 Å². The molecule has 3 nitrogen and oxygen atoms in total. The van der Waals surface area contributed by atoms with Gasteiger partial charge in [0.2, 0.25) is 0 Å². The fourth-order valence-corrected chi connectivity index (χ4v) is 3.48. The van der Waals surface area contributed by atoms with Crippen molar-refractivity contribution in [2.75, 3.05) is 7.11 Å². The summed E-state index contributed by atoms with van der Waals surface area (Å²) < 4.78 is 12.2. The Balaban J connectivity index is 1.90. The summed E-state index contributed by atoms with van der Waals surface area (Å²) >= 11 is 15.7. The van der Waals surface area contributed by atoms with E-state index in [4.69, 9.17) is 32.7 Å². The molecular weight excluding hydrogens is 473 g/mol. The zero-order valence-electron chi connectivity index (χ0n) is 15.5. The minimum absolute atomic E-state index is 0.373. The van der Waals surface area contributed by atoms with Crippen molar-refractivity contribution < 1.29 is 9.47 Å². The van der Waals surface area contributed by atoms with Gasteiger partial charge in [0, 0.05) is 20.1 Å². The molecule has 0 saturated carbocycles. The molecule has 0 amide bonds. The predicted octanol–water partition coefficient (Wildman–Crippen LogP) is 7.41. The van der Waals surface area contributed by atoms with Crippen LogP contribution >= 0.6 is 39.1 Å². The highest BCUT2D eigenvalue weighted by Crippen LogP contribution is 2.36. The molecule has 0 aliphatic rings. The first-order valence-electron chi connectivity index (χ1n) is 8.63. The van der Waals surface area contributed by atoms with Crippen LogP contribution in [0.2, 0.25) is 10.0 Å². The van der Waals surface area contributed by atoms with Crippen LogP contribution in [-0.2, 0) is 6.61 Å². The quantitative estimate of drug-likeness (QED) is 0.268. The van der Waals surface area contributed by atoms with E-state index in [0.717, 1.165) is 15.6 Å². The molecule has 0 bridgehead atoms. The van der Waals surface area contributed by atoms with Gasteiger partial charge in [-0.1, -0.05) is 69.5 Å². The van der Waals surface area contributed by atoms with Crippen LogP contribution in [0.4, 0.5) is 0 Å². The Morgan fingerprint density at radius 3 is 2.45 bits per heavy atom. The molecule has 0 heterocycles. The molecule has 0 N–H and O–H groups in total. The Labute approximate surface area is 188 Å². The van der Waals surface area contributed by atoms with Crippen molar-refractivity contribution in [2.45, 2.75) is 6.61 Å². The number of nitrogens with zero attached hydrogens (tertiary/aromatic N) is 1. The van der Waals surface area contributed by atoms with Crippen molar-refractivity contribution in [3.63, 3.8) is 0 Å². The Morgan fingerprint density at radius 2 is 1.79 bits per heavy atom. The van der Waals surface area contributed by atoms with E-state index in [9.17, 15) is 5.26 Å². The van der Waals surface area contributed by atoms with Gasteiger partial charge < -0.3 is 9.47 Å². The van der Waals surface area contributed by atoms with E-state index in [0.29, 0.717) is 39.3 Å². The average Bonchev–Trinajstić information content (AvgIpc) is 2.73. The van der Waals surface area contributed by atoms with Crippen molar-refractivity contribution in [1.82, 2.24) is 0 Å². The molecule has 29 heavy (non-hydrogen) atoms. The maximum atomic E-state index is 9.61. The van der Waals surface area contributed by atoms with Gasteiger partial charge in [-0.25, -0.2) is 0 Å². The molecule has 3 aromatic carbocycles. The molecule has 0 unspecified atom stereocenters. The Hall–Kier alpha value is -2.45. The minimum atomic E-state index is 0.373. The Kier molecular flexibility index (Phi) is 7.22. The van der Waals surface area contributed by atoms with Gasteiger partial charge >= 0.3 is 0 Å². The Morgan fingerprint density at radius 1 is 1.07 bits per heavy atom. The monoisotopic (exact) mass is 487 g/mol. The summed E-state index contributed by atoms with van der Waals surface area (Å²) in [5.41, 5.74) is 2.89. The second-order valence-electron chi connectivity index (χ2n) is 6.09. The van der Waals surface area contributed by atoms with Gasteiger partial charge in [0.15, 0.2) is 11.5 Å². The van der Waals surface area contributed by atoms with Crippen LogP contribution < -0.4 is 9.47 Å². The third-order valence-electron chi connectivity index (χ3n) is 4.17. The van der Waals surface area contributed by atoms with Gasteiger partial charge in [0.25, 0.3) is 0 Å². The number of benzene rings is 3. The van der Waals surface area contributed by atoms with E-state index in [2.05, 4.69) is 22.0 Å². The van der Waals surface area contributed by atoms with E-state index in [-0.39, 0.29) is 0 Å². The molecule has 6 heteroatoms. The van der Waals surface area contributed by atoms with Crippen molar-refractivity contribution in [2.24, 2.45) is 0 Å². The van der Waals surface area contributed by atoms with Gasteiger partial charge in [-0.05, 0) is 47.5 Å². The standard InChI is InChI=1S/C23H16BrCl2NO2/c1-28-22-11-16(10-17(13-27)19-4-2-3-5-21(19)26)20(24)12-23(22)29-14-15-6-8-18(25)9-7-15/h2-12H,14H2,1H3. The highest BCUT2D eigenvalue weighted by Gasteiger charge is 2.12.